The SMILES string of the molecule is CN1C(=O)C[C@@H](CN[C@H](C(=O)NC2CC2)c2ccccc2)[C@@H]1c1cnn(C)c1. The first-order chi connectivity index (χ1) is 13.5. The molecule has 0 unspecified atom stereocenters. The van der Waals surface area contributed by atoms with Gasteiger partial charge in [-0.2, -0.15) is 5.10 Å². The summed E-state index contributed by atoms with van der Waals surface area (Å²) >= 11 is 0. The lowest BCUT2D eigenvalue weighted by Crippen LogP contribution is -2.41. The average molecular weight is 381 g/mol. The van der Waals surface area contributed by atoms with Crippen molar-refractivity contribution in [2.45, 2.75) is 37.4 Å². The smallest absolute Gasteiger partial charge is 0.241 e. The summed E-state index contributed by atoms with van der Waals surface area (Å²) in [5.41, 5.74) is 1.97. The zero-order valence-electron chi connectivity index (χ0n) is 16.3. The first-order valence-electron chi connectivity index (χ1n) is 9.86. The van der Waals surface area contributed by atoms with E-state index in [2.05, 4.69) is 15.7 Å². The maximum Gasteiger partial charge on any atom is 0.241 e. The van der Waals surface area contributed by atoms with E-state index >= 15 is 0 Å². The zero-order chi connectivity index (χ0) is 19.7. The first-order valence-corrected chi connectivity index (χ1v) is 9.86. The van der Waals surface area contributed by atoms with Gasteiger partial charge in [0.1, 0.15) is 6.04 Å². The van der Waals surface area contributed by atoms with Gasteiger partial charge in [0.2, 0.25) is 11.8 Å². The lowest BCUT2D eigenvalue weighted by atomic mass is 9.95. The lowest BCUT2D eigenvalue weighted by molar-refractivity contribution is -0.127. The number of nitrogens with zero attached hydrogens (tertiary/aromatic N) is 3. The molecule has 2 fully saturated rings. The molecule has 1 saturated heterocycles. The van der Waals surface area contributed by atoms with E-state index in [4.69, 9.17) is 0 Å². The molecule has 7 nitrogen and oxygen atoms in total. The van der Waals surface area contributed by atoms with E-state index in [1.54, 1.807) is 9.58 Å². The molecule has 0 bridgehead atoms. The molecule has 0 spiro atoms. The van der Waals surface area contributed by atoms with Crippen LogP contribution in [0.1, 0.15) is 42.5 Å². The topological polar surface area (TPSA) is 79.3 Å². The predicted octanol–water partition coefficient (Wildman–Crippen LogP) is 1.55. The van der Waals surface area contributed by atoms with Gasteiger partial charge < -0.3 is 15.5 Å². The summed E-state index contributed by atoms with van der Waals surface area (Å²) in [6.07, 6.45) is 6.35. The largest absolute Gasteiger partial charge is 0.352 e. The van der Waals surface area contributed by atoms with E-state index in [1.165, 1.54) is 0 Å². The molecule has 2 amide bonds. The molecule has 1 aliphatic heterocycles. The Morgan fingerprint density at radius 3 is 2.64 bits per heavy atom. The minimum Gasteiger partial charge on any atom is -0.352 e. The first kappa shape index (κ1) is 18.7. The van der Waals surface area contributed by atoms with Gasteiger partial charge in [-0.25, -0.2) is 0 Å². The molecule has 1 aromatic carbocycles. The maximum atomic E-state index is 12.8. The van der Waals surface area contributed by atoms with Crippen molar-refractivity contribution in [3.8, 4) is 0 Å². The van der Waals surface area contributed by atoms with Crippen molar-refractivity contribution in [2.75, 3.05) is 13.6 Å². The second-order valence-corrected chi connectivity index (χ2v) is 7.90. The summed E-state index contributed by atoms with van der Waals surface area (Å²) in [6.45, 7) is 0.577. The second kappa shape index (κ2) is 7.75. The molecular formula is C21H27N5O2. The molecule has 3 atom stereocenters. The monoisotopic (exact) mass is 381 g/mol. The van der Waals surface area contributed by atoms with Crippen LogP contribution >= 0.6 is 0 Å². The molecule has 1 saturated carbocycles. The number of hydrogen-bond donors (Lipinski definition) is 2. The number of rotatable bonds is 7. The molecule has 0 radical (unpaired) electrons. The number of aromatic nitrogens is 2. The number of amides is 2. The van der Waals surface area contributed by atoms with Crippen molar-refractivity contribution < 1.29 is 9.59 Å². The fraction of sp³-hybridized carbons (Fsp3) is 0.476. The van der Waals surface area contributed by atoms with Crippen LogP contribution in [0.5, 0.6) is 0 Å². The van der Waals surface area contributed by atoms with E-state index in [0.717, 1.165) is 24.0 Å². The number of carbonyl (C=O) groups excluding carboxylic acids is 2. The Morgan fingerprint density at radius 1 is 1.25 bits per heavy atom. The number of carbonyl (C=O) groups is 2. The van der Waals surface area contributed by atoms with E-state index in [0.29, 0.717) is 19.0 Å². The van der Waals surface area contributed by atoms with Gasteiger partial charge in [0.15, 0.2) is 0 Å². The highest BCUT2D eigenvalue weighted by Crippen LogP contribution is 2.36. The number of hydrogen-bond acceptors (Lipinski definition) is 4. The minimum absolute atomic E-state index is 0.00399. The number of nitrogens with one attached hydrogen (secondary N) is 2. The minimum atomic E-state index is -0.419. The van der Waals surface area contributed by atoms with E-state index in [-0.39, 0.29) is 23.8 Å². The van der Waals surface area contributed by atoms with Crippen molar-refractivity contribution in [1.82, 2.24) is 25.3 Å². The van der Waals surface area contributed by atoms with E-state index < -0.39 is 6.04 Å². The normalized spacial score (nSPS) is 23.1. The molecule has 1 aromatic heterocycles. The van der Waals surface area contributed by atoms with Gasteiger partial charge >= 0.3 is 0 Å². The van der Waals surface area contributed by atoms with Crippen molar-refractivity contribution in [3.63, 3.8) is 0 Å². The van der Waals surface area contributed by atoms with Crippen LogP contribution in [-0.4, -0.2) is 46.1 Å². The third-order valence-corrected chi connectivity index (χ3v) is 5.66. The number of likely N-dealkylation sites (tertiary alicyclic amines) is 1. The standard InChI is InChI=1S/C21H27N5O2/c1-25-13-16(12-23-25)20-15(10-18(27)26(20)2)11-22-19(14-6-4-3-5-7-14)21(28)24-17-8-9-17/h3-7,12-13,15,17,19-20,22H,8-11H2,1-2H3,(H,24,28)/t15-,19-,20+/m0/s1. The van der Waals surface area contributed by atoms with Crippen molar-refractivity contribution in [2.24, 2.45) is 13.0 Å². The molecule has 28 heavy (non-hydrogen) atoms. The highest BCUT2D eigenvalue weighted by atomic mass is 16.2. The molecule has 148 valence electrons. The number of benzene rings is 1. The van der Waals surface area contributed by atoms with Gasteiger partial charge in [-0.15, -0.1) is 0 Å². The van der Waals surface area contributed by atoms with Gasteiger partial charge in [0.05, 0.1) is 12.2 Å². The summed E-state index contributed by atoms with van der Waals surface area (Å²) in [4.78, 5) is 27.0. The summed E-state index contributed by atoms with van der Waals surface area (Å²) in [7, 11) is 3.72. The summed E-state index contributed by atoms with van der Waals surface area (Å²) in [6, 6.07) is 9.63. The van der Waals surface area contributed by atoms with Crippen LogP contribution in [0.4, 0.5) is 0 Å². The predicted molar refractivity (Wildman–Crippen MR) is 105 cm³/mol. The highest BCUT2D eigenvalue weighted by molar-refractivity contribution is 5.84. The van der Waals surface area contributed by atoms with Crippen molar-refractivity contribution in [3.05, 3.63) is 53.9 Å². The van der Waals surface area contributed by atoms with E-state index in [1.807, 2.05) is 56.8 Å². The molecule has 2 aliphatic rings. The Balaban J connectivity index is 1.50. The Bertz CT molecular complexity index is 845. The van der Waals surface area contributed by atoms with Gasteiger partial charge in [-0.3, -0.25) is 14.3 Å². The third-order valence-electron chi connectivity index (χ3n) is 5.66. The van der Waals surface area contributed by atoms with Gasteiger partial charge in [-0.1, -0.05) is 30.3 Å². The van der Waals surface area contributed by atoms with Gasteiger partial charge in [0, 0.05) is 50.8 Å². The third kappa shape index (κ3) is 3.94. The Kier molecular flexibility index (Phi) is 5.17. The highest BCUT2D eigenvalue weighted by Gasteiger charge is 2.39. The summed E-state index contributed by atoms with van der Waals surface area (Å²) in [5, 5.41) is 10.8. The zero-order valence-corrected chi connectivity index (χ0v) is 16.3. The Labute approximate surface area is 165 Å². The molecule has 7 heteroatoms. The van der Waals surface area contributed by atoms with Gasteiger partial charge in [-0.05, 0) is 18.4 Å². The fourth-order valence-corrected chi connectivity index (χ4v) is 4.01. The second-order valence-electron chi connectivity index (χ2n) is 7.90. The summed E-state index contributed by atoms with van der Waals surface area (Å²) in [5.74, 6) is 0.213. The van der Waals surface area contributed by atoms with Gasteiger partial charge in [0.25, 0.3) is 0 Å². The van der Waals surface area contributed by atoms with Crippen LogP contribution in [0.15, 0.2) is 42.7 Å². The molecule has 2 heterocycles. The van der Waals surface area contributed by atoms with Crippen LogP contribution in [0.25, 0.3) is 0 Å². The Morgan fingerprint density at radius 2 is 2.00 bits per heavy atom. The number of aryl methyl sites for hydroxylation is 1. The molecule has 4 rings (SSSR count). The average Bonchev–Trinajstić information content (AvgIpc) is 3.32. The molecule has 2 N–H and O–H groups in total. The Hall–Kier alpha value is -2.67. The maximum absolute atomic E-state index is 12.8. The van der Waals surface area contributed by atoms with Crippen LogP contribution < -0.4 is 10.6 Å². The van der Waals surface area contributed by atoms with E-state index in [9.17, 15) is 9.59 Å². The van der Waals surface area contributed by atoms with Crippen LogP contribution in [0.2, 0.25) is 0 Å². The van der Waals surface area contributed by atoms with Crippen molar-refractivity contribution >= 4 is 11.8 Å². The summed E-state index contributed by atoms with van der Waals surface area (Å²) < 4.78 is 1.76. The van der Waals surface area contributed by atoms with Crippen LogP contribution in [0.3, 0.4) is 0 Å². The van der Waals surface area contributed by atoms with Crippen molar-refractivity contribution in [1.29, 1.82) is 0 Å². The molecular weight excluding hydrogens is 354 g/mol. The fourth-order valence-electron chi connectivity index (χ4n) is 4.01. The van der Waals surface area contributed by atoms with Crippen LogP contribution in [-0.2, 0) is 16.6 Å². The quantitative estimate of drug-likeness (QED) is 0.763. The molecule has 1 aliphatic carbocycles. The van der Waals surface area contributed by atoms with Crippen LogP contribution in [0, 0.1) is 5.92 Å². The lowest BCUT2D eigenvalue weighted by Gasteiger charge is -2.26. The molecule has 2 aromatic rings.